The maximum Gasteiger partial charge on any atom is 0.208 e. The van der Waals surface area contributed by atoms with Gasteiger partial charge in [-0.05, 0) is 30.7 Å². The molecule has 0 amide bonds. The van der Waals surface area contributed by atoms with E-state index in [4.69, 9.17) is 21.0 Å². The molecule has 1 aliphatic heterocycles. The lowest BCUT2D eigenvalue weighted by Crippen LogP contribution is -2.48. The van der Waals surface area contributed by atoms with Crippen LogP contribution in [-0.4, -0.2) is 49.2 Å². The average Bonchev–Trinajstić information content (AvgIpc) is 3.10. The first-order valence-corrected chi connectivity index (χ1v) is 11.2. The van der Waals surface area contributed by atoms with Crippen molar-refractivity contribution in [2.45, 2.75) is 52.5 Å². The molecule has 0 saturated carbocycles. The monoisotopic (exact) mass is 418 g/mol. The Kier molecular flexibility index (Phi) is 7.60. The predicted molar refractivity (Wildman–Crippen MR) is 121 cm³/mol. The lowest BCUT2D eigenvalue weighted by Gasteiger charge is -2.36. The molecular weight excluding hydrogens is 384 g/mol. The smallest absolute Gasteiger partial charge is 0.208 e. The highest BCUT2D eigenvalue weighted by Crippen LogP contribution is 2.27. The molecule has 1 saturated heterocycles. The lowest BCUT2D eigenvalue weighted by molar-refractivity contribution is 0.256. The molecule has 6 heteroatoms. The number of nitrogens with zero attached hydrogens (tertiary/aromatic N) is 3. The summed E-state index contributed by atoms with van der Waals surface area (Å²) in [5, 5.41) is 4.30. The summed E-state index contributed by atoms with van der Waals surface area (Å²) in [4.78, 5) is 9.71. The van der Waals surface area contributed by atoms with Gasteiger partial charge in [0.1, 0.15) is 5.76 Å². The zero-order chi connectivity index (χ0) is 20.9. The number of halogens is 1. The molecule has 0 spiro atoms. The molecule has 29 heavy (non-hydrogen) atoms. The van der Waals surface area contributed by atoms with E-state index in [2.05, 4.69) is 54.9 Å². The maximum atomic E-state index is 6.04. The van der Waals surface area contributed by atoms with E-state index < -0.39 is 0 Å². The van der Waals surface area contributed by atoms with Crippen molar-refractivity contribution >= 4 is 17.3 Å². The van der Waals surface area contributed by atoms with Crippen molar-refractivity contribution in [3.8, 4) is 0 Å². The number of rotatable bonds is 8. The van der Waals surface area contributed by atoms with Gasteiger partial charge in [0.2, 0.25) is 5.89 Å². The fraction of sp³-hybridized carbons (Fsp3) is 0.609. The van der Waals surface area contributed by atoms with Crippen molar-refractivity contribution in [1.82, 2.24) is 15.2 Å². The van der Waals surface area contributed by atoms with Crippen molar-refractivity contribution in [3.63, 3.8) is 0 Å². The summed E-state index contributed by atoms with van der Waals surface area (Å²) in [7, 11) is 0. The van der Waals surface area contributed by atoms with Crippen molar-refractivity contribution in [1.29, 1.82) is 0 Å². The zero-order valence-corrected chi connectivity index (χ0v) is 19.1. The van der Waals surface area contributed by atoms with Crippen molar-refractivity contribution in [3.05, 3.63) is 46.6 Å². The van der Waals surface area contributed by atoms with Crippen LogP contribution in [-0.2, 0) is 18.4 Å². The lowest BCUT2D eigenvalue weighted by atomic mass is 9.90. The van der Waals surface area contributed by atoms with Crippen LogP contribution in [0.4, 0.5) is 5.69 Å². The van der Waals surface area contributed by atoms with E-state index in [9.17, 15) is 0 Å². The Bertz CT molecular complexity index is 758. The van der Waals surface area contributed by atoms with Crippen LogP contribution in [0.2, 0.25) is 5.02 Å². The third-order valence-electron chi connectivity index (χ3n) is 5.37. The summed E-state index contributed by atoms with van der Waals surface area (Å²) in [6.45, 7) is 15.7. The van der Waals surface area contributed by atoms with Crippen LogP contribution in [0.3, 0.4) is 0 Å². The summed E-state index contributed by atoms with van der Waals surface area (Å²) in [5.41, 5.74) is 2.39. The largest absolute Gasteiger partial charge is 0.444 e. The van der Waals surface area contributed by atoms with Crippen LogP contribution in [0.1, 0.15) is 51.5 Å². The molecule has 1 aromatic heterocycles. The van der Waals surface area contributed by atoms with Gasteiger partial charge >= 0.3 is 0 Å². The van der Waals surface area contributed by atoms with Gasteiger partial charge in [-0.25, -0.2) is 4.98 Å². The van der Waals surface area contributed by atoms with Gasteiger partial charge in [-0.1, -0.05) is 39.3 Å². The molecular formula is C23H35ClN4O. The number of aromatic nitrogens is 1. The van der Waals surface area contributed by atoms with E-state index >= 15 is 0 Å². The van der Waals surface area contributed by atoms with Crippen molar-refractivity contribution in [2.75, 3.05) is 44.2 Å². The molecule has 1 fully saturated rings. The molecule has 5 nitrogen and oxygen atoms in total. The molecule has 0 bridgehead atoms. The van der Waals surface area contributed by atoms with E-state index in [1.165, 1.54) is 5.69 Å². The summed E-state index contributed by atoms with van der Waals surface area (Å²) in [6.07, 6.45) is 2.03. The second-order valence-corrected chi connectivity index (χ2v) is 9.30. The number of hydrogen-bond donors (Lipinski definition) is 1. The zero-order valence-electron chi connectivity index (χ0n) is 18.3. The van der Waals surface area contributed by atoms with Gasteiger partial charge in [-0.3, -0.25) is 4.90 Å². The van der Waals surface area contributed by atoms with Crippen LogP contribution in [0, 0.1) is 0 Å². The van der Waals surface area contributed by atoms with Crippen LogP contribution >= 0.6 is 11.6 Å². The van der Waals surface area contributed by atoms with Gasteiger partial charge < -0.3 is 14.6 Å². The molecule has 0 radical (unpaired) electrons. The van der Waals surface area contributed by atoms with E-state index in [0.29, 0.717) is 6.54 Å². The fourth-order valence-electron chi connectivity index (χ4n) is 3.77. The molecule has 0 atom stereocenters. The van der Waals surface area contributed by atoms with Crippen LogP contribution in [0.15, 0.2) is 28.7 Å². The Labute approximate surface area is 180 Å². The van der Waals surface area contributed by atoms with Crippen LogP contribution in [0.5, 0.6) is 0 Å². The van der Waals surface area contributed by atoms with Gasteiger partial charge in [-0.15, -0.1) is 0 Å². The number of benzene rings is 1. The van der Waals surface area contributed by atoms with Gasteiger partial charge in [0.05, 0.1) is 12.2 Å². The fourth-order valence-corrected chi connectivity index (χ4v) is 3.90. The molecule has 2 aromatic rings. The Hall–Kier alpha value is -1.56. The number of hydrogen-bond acceptors (Lipinski definition) is 5. The summed E-state index contributed by atoms with van der Waals surface area (Å²) in [5.74, 6) is 1.86. The summed E-state index contributed by atoms with van der Waals surface area (Å²) in [6, 6.07) is 8.14. The second-order valence-electron chi connectivity index (χ2n) is 8.86. The summed E-state index contributed by atoms with van der Waals surface area (Å²) < 4.78 is 6.04. The van der Waals surface area contributed by atoms with E-state index in [1.807, 2.05) is 12.1 Å². The van der Waals surface area contributed by atoms with Gasteiger partial charge in [0.15, 0.2) is 0 Å². The average molecular weight is 419 g/mol. The number of piperazine rings is 1. The predicted octanol–water partition coefficient (Wildman–Crippen LogP) is 4.49. The van der Waals surface area contributed by atoms with Crippen molar-refractivity contribution < 1.29 is 4.42 Å². The van der Waals surface area contributed by atoms with Crippen LogP contribution in [0.25, 0.3) is 0 Å². The Balaban J connectivity index is 1.41. The van der Waals surface area contributed by atoms with Gasteiger partial charge in [-0.2, -0.15) is 0 Å². The Morgan fingerprint density at radius 1 is 1.10 bits per heavy atom. The number of anilines is 1. The van der Waals surface area contributed by atoms with Crippen molar-refractivity contribution in [2.24, 2.45) is 0 Å². The molecule has 3 rings (SSSR count). The third-order valence-corrected chi connectivity index (χ3v) is 5.63. The van der Waals surface area contributed by atoms with Gasteiger partial charge in [0, 0.05) is 61.8 Å². The molecule has 1 aromatic carbocycles. The molecule has 0 unspecified atom stereocenters. The Morgan fingerprint density at radius 2 is 1.79 bits per heavy atom. The first kappa shape index (κ1) is 22.1. The minimum Gasteiger partial charge on any atom is -0.444 e. The first-order chi connectivity index (χ1) is 13.9. The molecule has 160 valence electrons. The Morgan fingerprint density at radius 3 is 2.41 bits per heavy atom. The molecule has 0 aliphatic carbocycles. The highest BCUT2D eigenvalue weighted by atomic mass is 35.5. The summed E-state index contributed by atoms with van der Waals surface area (Å²) >= 11 is 5.99. The molecule has 1 N–H and O–H groups in total. The van der Waals surface area contributed by atoms with E-state index in [1.54, 1.807) is 0 Å². The third kappa shape index (κ3) is 6.21. The maximum absolute atomic E-state index is 6.04. The van der Waals surface area contributed by atoms with Crippen LogP contribution < -0.4 is 10.2 Å². The number of nitrogens with one attached hydrogen (secondary N) is 1. The minimum atomic E-state index is 0.0238. The number of oxazole rings is 1. The van der Waals surface area contributed by atoms with Gasteiger partial charge in [0.25, 0.3) is 0 Å². The molecule has 1 aliphatic rings. The first-order valence-electron chi connectivity index (χ1n) is 10.8. The normalized spacial score (nSPS) is 15.8. The quantitative estimate of drug-likeness (QED) is 0.640. The minimum absolute atomic E-state index is 0.0238. The topological polar surface area (TPSA) is 44.5 Å². The number of aryl methyl sites for hydroxylation is 1. The second kappa shape index (κ2) is 9.96. The van der Waals surface area contributed by atoms with E-state index in [0.717, 1.165) is 74.5 Å². The standard InChI is InChI=1S/C23H35ClN4O/c1-5-6-20-22(23(2,3)4)26-21(29-20)17-25-11-12-27-13-15-28(16-14-27)19-9-7-18(24)8-10-19/h7-10,25H,5-6,11-17H2,1-4H3. The molecule has 2 heterocycles. The SMILES string of the molecule is CCCc1oc(CNCCN2CCN(c3ccc(Cl)cc3)CC2)nc1C(C)(C)C. The highest BCUT2D eigenvalue weighted by molar-refractivity contribution is 6.30. The highest BCUT2D eigenvalue weighted by Gasteiger charge is 2.24. The van der Waals surface area contributed by atoms with E-state index in [-0.39, 0.29) is 5.41 Å².